The molecule has 138 valence electrons. The van der Waals surface area contributed by atoms with E-state index >= 15 is 0 Å². The molecule has 4 aromatic rings. The minimum Gasteiger partial charge on any atom is -0.437 e. The van der Waals surface area contributed by atoms with Crippen LogP contribution in [0.4, 0.5) is 0 Å². The molecule has 0 aliphatic heterocycles. The van der Waals surface area contributed by atoms with Gasteiger partial charge in [0.2, 0.25) is 11.4 Å². The molecule has 0 saturated heterocycles. The number of fused-ring (bicyclic) bond motifs is 3. The van der Waals surface area contributed by atoms with Crippen LogP contribution in [-0.2, 0) is 7.05 Å². The number of rotatable bonds is 4. The van der Waals surface area contributed by atoms with E-state index < -0.39 is 5.89 Å². The normalized spacial score (nSPS) is 12.7. The summed E-state index contributed by atoms with van der Waals surface area (Å²) < 4.78 is 17.2. The van der Waals surface area contributed by atoms with E-state index in [2.05, 4.69) is 66.9 Å². The number of hydrogen-bond donors (Lipinski definition) is 0. The van der Waals surface area contributed by atoms with Gasteiger partial charge in [0.15, 0.2) is 11.8 Å². The first-order valence-corrected chi connectivity index (χ1v) is 9.68. The van der Waals surface area contributed by atoms with Crippen molar-refractivity contribution in [2.45, 2.75) is 46.4 Å². The molecule has 1 aromatic carbocycles. The van der Waals surface area contributed by atoms with Crippen molar-refractivity contribution in [3.05, 3.63) is 59.4 Å². The lowest BCUT2D eigenvalue weighted by molar-refractivity contribution is -0.660. The number of furan rings is 1. The molecule has 0 saturated carbocycles. The lowest BCUT2D eigenvalue weighted by atomic mass is 9.92. The lowest BCUT2D eigenvalue weighted by Crippen LogP contribution is -2.31. The average molecular weight is 360 g/mol. The van der Waals surface area contributed by atoms with Gasteiger partial charge in [0.25, 0.3) is 0 Å². The molecule has 3 heteroatoms. The van der Waals surface area contributed by atoms with Crippen molar-refractivity contribution < 1.29 is 10.4 Å². The van der Waals surface area contributed by atoms with Gasteiger partial charge >= 0.3 is 0 Å². The van der Waals surface area contributed by atoms with Crippen LogP contribution in [0.25, 0.3) is 33.3 Å². The summed E-state index contributed by atoms with van der Waals surface area (Å²) in [6.45, 7) is 8.26. The first-order valence-electron chi connectivity index (χ1n) is 10.2. The summed E-state index contributed by atoms with van der Waals surface area (Å²) in [5.41, 5.74) is 6.83. The molecule has 0 fully saturated rings. The Balaban J connectivity index is 2.04. The minimum absolute atomic E-state index is 0.572. The third kappa shape index (κ3) is 2.91. The predicted molar refractivity (Wildman–Crippen MR) is 111 cm³/mol. The summed E-state index contributed by atoms with van der Waals surface area (Å²) in [5, 5.41) is 2.12. The second-order valence-corrected chi connectivity index (χ2v) is 7.26. The zero-order chi connectivity index (χ0) is 20.1. The number of hydrogen-bond acceptors (Lipinski definition) is 2. The minimum atomic E-state index is -0.572. The highest BCUT2D eigenvalue weighted by Crippen LogP contribution is 2.37. The number of nitrogens with zero attached hydrogens (tertiary/aromatic N) is 2. The molecule has 0 radical (unpaired) electrons. The maximum Gasteiger partial charge on any atom is 0.227 e. The van der Waals surface area contributed by atoms with Crippen molar-refractivity contribution in [3.8, 4) is 11.3 Å². The average Bonchev–Trinajstić information content (AvgIpc) is 3.05. The van der Waals surface area contributed by atoms with Crippen LogP contribution in [0.1, 0.15) is 50.8 Å². The van der Waals surface area contributed by atoms with Crippen molar-refractivity contribution >= 4 is 22.1 Å². The number of aryl methyl sites for hydroxylation is 3. The van der Waals surface area contributed by atoms with Gasteiger partial charge in [-0.25, -0.2) is 9.55 Å². The van der Waals surface area contributed by atoms with E-state index in [1.807, 2.05) is 20.0 Å². The Hall–Kier alpha value is -2.68. The van der Waals surface area contributed by atoms with Crippen LogP contribution < -0.4 is 4.57 Å². The van der Waals surface area contributed by atoms with Crippen molar-refractivity contribution in [1.29, 1.82) is 0 Å². The van der Waals surface area contributed by atoms with Gasteiger partial charge in [-0.05, 0) is 55.8 Å². The topological polar surface area (TPSA) is 29.9 Å². The zero-order valence-corrected chi connectivity index (χ0v) is 16.8. The first-order chi connectivity index (χ1) is 13.4. The van der Waals surface area contributed by atoms with E-state index in [1.165, 1.54) is 0 Å². The molecule has 0 amide bonds. The summed E-state index contributed by atoms with van der Waals surface area (Å²) in [7, 11) is 2.05. The van der Waals surface area contributed by atoms with Crippen LogP contribution in [0.3, 0.4) is 0 Å². The van der Waals surface area contributed by atoms with Gasteiger partial charge in [0.05, 0.1) is 5.56 Å². The summed E-state index contributed by atoms with van der Waals surface area (Å²) in [6.07, 6.45) is 3.63. The maximum absolute atomic E-state index is 8.87. The van der Waals surface area contributed by atoms with Crippen LogP contribution in [-0.4, -0.2) is 4.98 Å². The first kappa shape index (κ1) is 16.5. The molecule has 27 heavy (non-hydrogen) atoms. The van der Waals surface area contributed by atoms with Crippen molar-refractivity contribution in [2.75, 3.05) is 0 Å². The highest BCUT2D eigenvalue weighted by Gasteiger charge is 2.22. The second-order valence-electron chi connectivity index (χ2n) is 7.26. The maximum atomic E-state index is 8.87. The van der Waals surface area contributed by atoms with Crippen LogP contribution in [0.15, 0.2) is 47.0 Å². The molecule has 0 aliphatic rings. The molecule has 3 heterocycles. The quantitative estimate of drug-likeness (QED) is 0.418. The fraction of sp³-hybridized carbons (Fsp3) is 0.333. The number of aromatic nitrogens is 2. The third-order valence-electron chi connectivity index (χ3n) is 5.52. The van der Waals surface area contributed by atoms with Crippen LogP contribution in [0.2, 0.25) is 0 Å². The number of pyridine rings is 2. The van der Waals surface area contributed by atoms with Crippen molar-refractivity contribution in [1.82, 2.24) is 4.98 Å². The molecule has 4 rings (SSSR count). The Morgan fingerprint density at radius 2 is 1.81 bits per heavy atom. The second kappa shape index (κ2) is 6.80. The van der Waals surface area contributed by atoms with Crippen LogP contribution >= 0.6 is 0 Å². The van der Waals surface area contributed by atoms with Crippen LogP contribution in [0.5, 0.6) is 0 Å². The largest absolute Gasteiger partial charge is 0.437 e. The monoisotopic (exact) mass is 360 g/mol. The summed E-state index contributed by atoms with van der Waals surface area (Å²) in [6, 6.07) is 12.6. The Bertz CT molecular complexity index is 1190. The highest BCUT2D eigenvalue weighted by molar-refractivity contribution is 6.08. The smallest absolute Gasteiger partial charge is 0.227 e. The van der Waals surface area contributed by atoms with Gasteiger partial charge < -0.3 is 4.42 Å². The third-order valence-corrected chi connectivity index (χ3v) is 5.52. The van der Waals surface area contributed by atoms with Crippen LogP contribution in [0, 0.1) is 13.8 Å². The van der Waals surface area contributed by atoms with Gasteiger partial charge in [-0.1, -0.05) is 26.0 Å². The van der Waals surface area contributed by atoms with E-state index in [9.17, 15) is 0 Å². The standard InChI is InChI=1S/C24H27N2O/c1-6-17(7-2)18-12-13-26(5)21(14-18)22-15(3)8-10-19-20-11-9-16(4)25-24(20)27-23(19)22/h8-14,17H,6-7H2,1-5H3/q+1/i17D. The fourth-order valence-electron chi connectivity index (χ4n) is 3.93. The summed E-state index contributed by atoms with van der Waals surface area (Å²) in [5.74, 6) is -0.572. The van der Waals surface area contributed by atoms with E-state index in [0.717, 1.165) is 57.3 Å². The number of benzene rings is 1. The lowest BCUT2D eigenvalue weighted by Gasteiger charge is -2.13. The molecule has 0 unspecified atom stereocenters. The Labute approximate surface area is 162 Å². The van der Waals surface area contributed by atoms with Crippen molar-refractivity contribution in [2.24, 2.45) is 7.05 Å². The zero-order valence-electron chi connectivity index (χ0n) is 17.8. The van der Waals surface area contributed by atoms with Gasteiger partial charge in [0.1, 0.15) is 7.05 Å². The Kier molecular flexibility index (Phi) is 4.16. The van der Waals surface area contributed by atoms with E-state index in [1.54, 1.807) is 0 Å². The molecule has 0 atom stereocenters. The molecule has 0 aliphatic carbocycles. The predicted octanol–water partition coefficient (Wildman–Crippen LogP) is 5.99. The van der Waals surface area contributed by atoms with Gasteiger partial charge in [0, 0.05) is 30.0 Å². The fourth-order valence-corrected chi connectivity index (χ4v) is 3.93. The summed E-state index contributed by atoms with van der Waals surface area (Å²) >= 11 is 0. The molecular weight excluding hydrogens is 332 g/mol. The molecule has 0 bridgehead atoms. The molecule has 0 N–H and O–H groups in total. The Morgan fingerprint density at radius 3 is 2.56 bits per heavy atom. The highest BCUT2D eigenvalue weighted by atomic mass is 16.3. The SMILES string of the molecule is [2H]C(CC)(CC)c1cc[n+](C)c(-c2c(C)ccc3c2oc2nc(C)ccc23)c1. The molecule has 3 aromatic heterocycles. The van der Waals surface area contributed by atoms with Gasteiger partial charge in [-0.15, -0.1) is 0 Å². The van der Waals surface area contributed by atoms with E-state index in [4.69, 9.17) is 5.79 Å². The van der Waals surface area contributed by atoms with Gasteiger partial charge in [-0.2, -0.15) is 0 Å². The molecule has 0 spiro atoms. The van der Waals surface area contributed by atoms with E-state index in [0.29, 0.717) is 5.71 Å². The molecule has 3 nitrogen and oxygen atoms in total. The van der Waals surface area contributed by atoms with Gasteiger partial charge in [-0.3, -0.25) is 0 Å². The summed E-state index contributed by atoms with van der Waals surface area (Å²) in [4.78, 5) is 4.58. The van der Waals surface area contributed by atoms with Crippen molar-refractivity contribution in [3.63, 3.8) is 0 Å². The Morgan fingerprint density at radius 1 is 1.07 bits per heavy atom. The van der Waals surface area contributed by atoms with E-state index in [-0.39, 0.29) is 0 Å². The molecular formula is C24H27N2O+.